The Morgan fingerprint density at radius 2 is 2.30 bits per heavy atom. The number of aromatic nitrogens is 1. The van der Waals surface area contributed by atoms with Gasteiger partial charge in [-0.15, -0.1) is 11.3 Å². The molecule has 20 heavy (non-hydrogen) atoms. The molecule has 0 unspecified atom stereocenters. The van der Waals surface area contributed by atoms with Crippen LogP contribution in [0.1, 0.15) is 25.9 Å². The van der Waals surface area contributed by atoms with Crippen molar-refractivity contribution in [2.45, 2.75) is 13.5 Å². The second kappa shape index (κ2) is 6.16. The third kappa shape index (κ3) is 3.55. The highest BCUT2D eigenvalue weighted by atomic mass is 32.1. The monoisotopic (exact) mass is 292 g/mol. The van der Waals surface area contributed by atoms with Crippen LogP contribution in [0.15, 0.2) is 28.9 Å². The summed E-state index contributed by atoms with van der Waals surface area (Å²) < 4.78 is 4.85. The average molecular weight is 292 g/mol. The highest BCUT2D eigenvalue weighted by Gasteiger charge is 2.13. The zero-order valence-electron chi connectivity index (χ0n) is 10.6. The number of aliphatic carboxylic acids is 1. The van der Waals surface area contributed by atoms with Crippen molar-refractivity contribution in [3.8, 4) is 0 Å². The molecule has 0 aliphatic rings. The van der Waals surface area contributed by atoms with Crippen LogP contribution in [0.3, 0.4) is 0 Å². The van der Waals surface area contributed by atoms with E-state index in [2.05, 4.69) is 10.5 Å². The van der Waals surface area contributed by atoms with Crippen LogP contribution in [0.25, 0.3) is 6.08 Å². The van der Waals surface area contributed by atoms with Crippen LogP contribution in [-0.2, 0) is 11.3 Å². The molecular weight excluding hydrogens is 280 g/mol. The van der Waals surface area contributed by atoms with Crippen molar-refractivity contribution in [1.82, 2.24) is 10.5 Å². The van der Waals surface area contributed by atoms with E-state index in [9.17, 15) is 9.59 Å². The van der Waals surface area contributed by atoms with E-state index in [0.29, 0.717) is 12.1 Å². The molecular formula is C13H12N2O4S. The molecule has 2 rings (SSSR count). The van der Waals surface area contributed by atoms with Crippen molar-refractivity contribution in [3.63, 3.8) is 0 Å². The van der Waals surface area contributed by atoms with Crippen LogP contribution >= 0.6 is 11.3 Å². The minimum atomic E-state index is -0.992. The molecule has 7 heteroatoms. The molecule has 6 nitrogen and oxygen atoms in total. The number of aryl methyl sites for hydroxylation is 1. The first kappa shape index (κ1) is 14.0. The van der Waals surface area contributed by atoms with E-state index < -0.39 is 5.97 Å². The molecule has 2 heterocycles. The summed E-state index contributed by atoms with van der Waals surface area (Å²) in [4.78, 5) is 23.9. The molecule has 0 atom stereocenters. The Bertz CT molecular complexity index is 657. The second-order valence-corrected chi connectivity index (χ2v) is 5.20. The summed E-state index contributed by atoms with van der Waals surface area (Å²) in [6.07, 6.45) is 4.07. The predicted molar refractivity (Wildman–Crippen MR) is 73.4 cm³/mol. The molecule has 0 aromatic carbocycles. The number of hydrogen-bond donors (Lipinski definition) is 2. The fraction of sp³-hybridized carbons (Fsp3) is 0.154. The number of carbonyl (C=O) groups is 2. The van der Waals surface area contributed by atoms with Gasteiger partial charge >= 0.3 is 5.97 Å². The number of carbonyl (C=O) groups excluding carboxylic acids is 1. The van der Waals surface area contributed by atoms with Crippen LogP contribution in [0.4, 0.5) is 0 Å². The standard InChI is InChI=1S/C13H12N2O4S/c1-8-6-15-19-12(8)13(18)14-7-10-3-2-9(20-10)4-5-11(16)17/h2-6H,7H2,1H3,(H,14,18)(H,16,17). The molecule has 2 aromatic heterocycles. The van der Waals surface area contributed by atoms with Gasteiger partial charge in [0.1, 0.15) is 0 Å². The molecule has 0 spiro atoms. The van der Waals surface area contributed by atoms with E-state index in [0.717, 1.165) is 15.8 Å². The average Bonchev–Trinajstić information content (AvgIpc) is 3.02. The highest BCUT2D eigenvalue weighted by molar-refractivity contribution is 7.12. The maximum atomic E-state index is 11.8. The molecule has 2 aromatic rings. The molecule has 0 radical (unpaired) electrons. The number of thiophene rings is 1. The molecule has 104 valence electrons. The van der Waals surface area contributed by atoms with E-state index in [4.69, 9.17) is 9.63 Å². The summed E-state index contributed by atoms with van der Waals surface area (Å²) in [7, 11) is 0. The van der Waals surface area contributed by atoms with Crippen molar-refractivity contribution >= 4 is 29.3 Å². The topological polar surface area (TPSA) is 92.4 Å². The number of rotatable bonds is 5. The smallest absolute Gasteiger partial charge is 0.328 e. The summed E-state index contributed by atoms with van der Waals surface area (Å²) >= 11 is 1.41. The van der Waals surface area contributed by atoms with Crippen LogP contribution in [0, 0.1) is 6.92 Å². The van der Waals surface area contributed by atoms with Gasteiger partial charge in [-0.2, -0.15) is 0 Å². The van der Waals surface area contributed by atoms with Gasteiger partial charge in [0.2, 0.25) is 5.76 Å². The number of carboxylic acids is 1. The molecule has 0 bridgehead atoms. The van der Waals surface area contributed by atoms with E-state index in [1.54, 1.807) is 13.0 Å². The van der Waals surface area contributed by atoms with Crippen molar-refractivity contribution in [2.75, 3.05) is 0 Å². The Hall–Kier alpha value is -2.41. The van der Waals surface area contributed by atoms with Crippen molar-refractivity contribution in [2.24, 2.45) is 0 Å². The molecule has 0 aliphatic carbocycles. The van der Waals surface area contributed by atoms with Gasteiger partial charge in [0.25, 0.3) is 5.91 Å². The molecule has 0 fully saturated rings. The highest BCUT2D eigenvalue weighted by Crippen LogP contribution is 2.18. The normalized spacial score (nSPS) is 10.8. The lowest BCUT2D eigenvalue weighted by Crippen LogP contribution is -2.22. The van der Waals surface area contributed by atoms with Crippen molar-refractivity contribution in [3.05, 3.63) is 45.5 Å². The van der Waals surface area contributed by atoms with E-state index in [-0.39, 0.29) is 11.7 Å². The predicted octanol–water partition coefficient (Wildman–Crippen LogP) is 2.07. The lowest BCUT2D eigenvalue weighted by molar-refractivity contribution is -0.131. The summed E-state index contributed by atoms with van der Waals surface area (Å²) in [5.74, 6) is -1.11. The zero-order chi connectivity index (χ0) is 14.5. The van der Waals surface area contributed by atoms with Gasteiger partial charge in [0, 0.05) is 21.4 Å². The second-order valence-electron chi connectivity index (χ2n) is 4.00. The fourth-order valence-corrected chi connectivity index (χ4v) is 2.34. The van der Waals surface area contributed by atoms with Crippen LogP contribution < -0.4 is 5.32 Å². The molecule has 0 saturated heterocycles. The summed E-state index contributed by atoms with van der Waals surface area (Å²) in [6, 6.07) is 3.63. The first-order chi connectivity index (χ1) is 9.56. The van der Waals surface area contributed by atoms with Crippen LogP contribution in [0.5, 0.6) is 0 Å². The molecule has 0 saturated carbocycles. The minimum absolute atomic E-state index is 0.201. The molecule has 2 N–H and O–H groups in total. The van der Waals surface area contributed by atoms with E-state index >= 15 is 0 Å². The Balaban J connectivity index is 1.93. The number of nitrogens with zero attached hydrogens (tertiary/aromatic N) is 1. The molecule has 1 amide bonds. The van der Waals surface area contributed by atoms with Gasteiger partial charge in [0.05, 0.1) is 12.7 Å². The van der Waals surface area contributed by atoms with E-state index in [1.807, 2.05) is 6.07 Å². The minimum Gasteiger partial charge on any atom is -0.478 e. The van der Waals surface area contributed by atoms with Gasteiger partial charge < -0.3 is 14.9 Å². The number of nitrogens with one attached hydrogen (secondary N) is 1. The number of amides is 1. The van der Waals surface area contributed by atoms with Gasteiger partial charge in [-0.3, -0.25) is 4.79 Å². The van der Waals surface area contributed by atoms with Crippen LogP contribution in [-0.4, -0.2) is 22.1 Å². The van der Waals surface area contributed by atoms with Crippen LogP contribution in [0.2, 0.25) is 0 Å². The Morgan fingerprint density at radius 1 is 1.50 bits per heavy atom. The van der Waals surface area contributed by atoms with Crippen molar-refractivity contribution in [1.29, 1.82) is 0 Å². The van der Waals surface area contributed by atoms with E-state index in [1.165, 1.54) is 23.6 Å². The lowest BCUT2D eigenvalue weighted by Gasteiger charge is -2.00. The Morgan fingerprint density at radius 3 is 2.95 bits per heavy atom. The number of hydrogen-bond acceptors (Lipinski definition) is 5. The Labute approximate surface area is 118 Å². The fourth-order valence-electron chi connectivity index (χ4n) is 1.49. The first-order valence-electron chi connectivity index (χ1n) is 5.75. The zero-order valence-corrected chi connectivity index (χ0v) is 11.4. The van der Waals surface area contributed by atoms with Gasteiger partial charge in [-0.05, 0) is 25.1 Å². The van der Waals surface area contributed by atoms with Gasteiger partial charge in [0.15, 0.2) is 0 Å². The Kier molecular flexibility index (Phi) is 4.31. The lowest BCUT2D eigenvalue weighted by atomic mass is 10.3. The summed E-state index contributed by atoms with van der Waals surface area (Å²) in [5.41, 5.74) is 0.679. The third-order valence-corrected chi connectivity index (χ3v) is 3.50. The van der Waals surface area contributed by atoms with Crippen molar-refractivity contribution < 1.29 is 19.2 Å². The summed E-state index contributed by atoms with van der Waals surface area (Å²) in [5, 5.41) is 14.8. The maximum Gasteiger partial charge on any atom is 0.328 e. The van der Waals surface area contributed by atoms with Gasteiger partial charge in [-0.1, -0.05) is 5.16 Å². The van der Waals surface area contributed by atoms with Gasteiger partial charge in [-0.25, -0.2) is 4.79 Å². The maximum absolute atomic E-state index is 11.8. The first-order valence-corrected chi connectivity index (χ1v) is 6.57. The third-order valence-electron chi connectivity index (χ3n) is 2.45. The quantitative estimate of drug-likeness (QED) is 0.823. The largest absolute Gasteiger partial charge is 0.478 e. The SMILES string of the molecule is Cc1cnoc1C(=O)NCc1ccc(C=CC(=O)O)s1. The number of carboxylic acid groups (broad SMARTS) is 1. The molecule has 0 aliphatic heterocycles. The summed E-state index contributed by atoms with van der Waals surface area (Å²) in [6.45, 7) is 2.09.